The molecule has 0 radical (unpaired) electrons. The van der Waals surface area contributed by atoms with E-state index < -0.39 is 0 Å². The third kappa shape index (κ3) is 2.35. The second kappa shape index (κ2) is 4.72. The zero-order valence-electron chi connectivity index (χ0n) is 9.09. The molecule has 3 N–H and O–H groups in total. The van der Waals surface area contributed by atoms with Crippen LogP contribution in [-0.2, 0) is 0 Å². The highest BCUT2D eigenvalue weighted by atomic mass is 15.2. The molecule has 1 aromatic carbocycles. The van der Waals surface area contributed by atoms with Crippen LogP contribution in [0.5, 0.6) is 0 Å². The summed E-state index contributed by atoms with van der Waals surface area (Å²) in [4.78, 5) is 0. The van der Waals surface area contributed by atoms with Gasteiger partial charge in [-0.15, -0.1) is 5.10 Å². The van der Waals surface area contributed by atoms with Crippen LogP contribution in [0.4, 0.5) is 11.5 Å². The van der Waals surface area contributed by atoms with Crippen molar-refractivity contribution in [1.82, 2.24) is 10.2 Å². The minimum Gasteiger partial charge on any atom is -0.338 e. The first kappa shape index (κ1) is 10.6. The summed E-state index contributed by atoms with van der Waals surface area (Å²) in [6.07, 6.45) is 1.64. The minimum absolute atomic E-state index is 0.0135. The maximum absolute atomic E-state index is 5.89. The molecule has 82 valence electrons. The standard InChI is InChI=1S/C12H14N4/c1-9(13)10-5-2-3-6-11(10)15-12-7-4-8-14-16-12/h2-9H,13H2,1H3,(H,15,16). The molecule has 0 aliphatic carbocycles. The number of nitrogens with zero attached hydrogens (tertiary/aromatic N) is 2. The van der Waals surface area contributed by atoms with Gasteiger partial charge in [-0.3, -0.25) is 0 Å². The molecule has 1 unspecified atom stereocenters. The number of hydrogen-bond acceptors (Lipinski definition) is 4. The SMILES string of the molecule is CC(N)c1ccccc1Nc1cccnn1. The molecule has 0 aliphatic heterocycles. The molecular weight excluding hydrogens is 200 g/mol. The van der Waals surface area contributed by atoms with Crippen LogP contribution in [0.1, 0.15) is 18.5 Å². The van der Waals surface area contributed by atoms with Gasteiger partial charge in [0, 0.05) is 17.9 Å². The fourth-order valence-corrected chi connectivity index (χ4v) is 1.51. The number of benzene rings is 1. The van der Waals surface area contributed by atoms with E-state index in [2.05, 4.69) is 15.5 Å². The smallest absolute Gasteiger partial charge is 0.153 e. The largest absolute Gasteiger partial charge is 0.338 e. The Morgan fingerprint density at radius 3 is 2.69 bits per heavy atom. The molecule has 1 heterocycles. The fourth-order valence-electron chi connectivity index (χ4n) is 1.51. The van der Waals surface area contributed by atoms with E-state index >= 15 is 0 Å². The van der Waals surface area contributed by atoms with Gasteiger partial charge in [0.25, 0.3) is 0 Å². The Morgan fingerprint density at radius 2 is 2.00 bits per heavy atom. The van der Waals surface area contributed by atoms with E-state index in [-0.39, 0.29) is 6.04 Å². The van der Waals surface area contributed by atoms with E-state index in [4.69, 9.17) is 5.73 Å². The van der Waals surface area contributed by atoms with Crippen molar-refractivity contribution in [2.75, 3.05) is 5.32 Å². The Labute approximate surface area is 94.5 Å². The van der Waals surface area contributed by atoms with E-state index in [1.54, 1.807) is 6.20 Å². The first-order chi connectivity index (χ1) is 7.77. The summed E-state index contributed by atoms with van der Waals surface area (Å²) >= 11 is 0. The molecule has 0 fully saturated rings. The molecule has 1 atom stereocenters. The number of anilines is 2. The van der Waals surface area contributed by atoms with Crippen LogP contribution in [0.15, 0.2) is 42.6 Å². The minimum atomic E-state index is -0.0135. The highest BCUT2D eigenvalue weighted by molar-refractivity contribution is 5.60. The highest BCUT2D eigenvalue weighted by Gasteiger charge is 2.06. The number of nitrogens with two attached hydrogens (primary N) is 1. The second-order valence-corrected chi connectivity index (χ2v) is 3.61. The van der Waals surface area contributed by atoms with E-state index in [9.17, 15) is 0 Å². The maximum atomic E-state index is 5.89. The molecule has 0 spiro atoms. The second-order valence-electron chi connectivity index (χ2n) is 3.61. The summed E-state index contributed by atoms with van der Waals surface area (Å²) in [5.74, 6) is 0.718. The van der Waals surface area contributed by atoms with Gasteiger partial charge in [0.1, 0.15) is 0 Å². The lowest BCUT2D eigenvalue weighted by atomic mass is 10.1. The Balaban J connectivity index is 2.28. The third-order valence-corrected chi connectivity index (χ3v) is 2.29. The molecule has 0 saturated heterocycles. The normalized spacial score (nSPS) is 12.1. The van der Waals surface area contributed by atoms with Crippen LogP contribution in [0.2, 0.25) is 0 Å². The molecule has 4 heteroatoms. The average molecular weight is 214 g/mol. The lowest BCUT2D eigenvalue weighted by molar-refractivity contribution is 0.820. The van der Waals surface area contributed by atoms with Crippen LogP contribution in [0.25, 0.3) is 0 Å². The Kier molecular flexibility index (Phi) is 3.12. The maximum Gasteiger partial charge on any atom is 0.153 e. The summed E-state index contributed by atoms with van der Waals surface area (Å²) in [5, 5.41) is 11.0. The Hall–Kier alpha value is -1.94. The number of nitrogens with one attached hydrogen (secondary N) is 1. The Bertz CT molecular complexity index is 454. The van der Waals surface area contributed by atoms with Crippen molar-refractivity contribution in [2.24, 2.45) is 5.73 Å². The van der Waals surface area contributed by atoms with Gasteiger partial charge in [-0.1, -0.05) is 18.2 Å². The molecule has 2 aromatic rings. The van der Waals surface area contributed by atoms with Crippen molar-refractivity contribution in [2.45, 2.75) is 13.0 Å². The van der Waals surface area contributed by atoms with Gasteiger partial charge in [-0.25, -0.2) is 0 Å². The number of hydrogen-bond donors (Lipinski definition) is 2. The zero-order chi connectivity index (χ0) is 11.4. The summed E-state index contributed by atoms with van der Waals surface area (Å²) < 4.78 is 0. The van der Waals surface area contributed by atoms with Crippen LogP contribution in [-0.4, -0.2) is 10.2 Å². The third-order valence-electron chi connectivity index (χ3n) is 2.29. The van der Waals surface area contributed by atoms with Gasteiger partial charge in [-0.2, -0.15) is 5.10 Å². The summed E-state index contributed by atoms with van der Waals surface area (Å²) in [5.41, 5.74) is 7.93. The van der Waals surface area contributed by atoms with Crippen LogP contribution in [0, 0.1) is 0 Å². The van der Waals surface area contributed by atoms with Gasteiger partial charge in [-0.05, 0) is 30.7 Å². The monoisotopic (exact) mass is 214 g/mol. The van der Waals surface area contributed by atoms with E-state index in [0.717, 1.165) is 17.1 Å². The first-order valence-electron chi connectivity index (χ1n) is 5.16. The van der Waals surface area contributed by atoms with Crippen molar-refractivity contribution in [3.05, 3.63) is 48.2 Å². The molecule has 4 nitrogen and oxygen atoms in total. The van der Waals surface area contributed by atoms with E-state index in [1.165, 1.54) is 0 Å². The predicted octanol–water partition coefficient (Wildman–Crippen LogP) is 2.24. The van der Waals surface area contributed by atoms with Gasteiger partial charge < -0.3 is 11.1 Å². The van der Waals surface area contributed by atoms with Crippen LogP contribution < -0.4 is 11.1 Å². The number of aromatic nitrogens is 2. The van der Waals surface area contributed by atoms with E-state index in [0.29, 0.717) is 0 Å². The number of rotatable bonds is 3. The quantitative estimate of drug-likeness (QED) is 0.822. The summed E-state index contributed by atoms with van der Waals surface area (Å²) in [7, 11) is 0. The Morgan fingerprint density at radius 1 is 1.19 bits per heavy atom. The van der Waals surface area contributed by atoms with Gasteiger partial charge >= 0.3 is 0 Å². The van der Waals surface area contributed by atoms with Gasteiger partial charge in [0.05, 0.1) is 0 Å². The van der Waals surface area contributed by atoms with Crippen LogP contribution in [0.3, 0.4) is 0 Å². The summed E-state index contributed by atoms with van der Waals surface area (Å²) in [6.45, 7) is 1.96. The van der Waals surface area contributed by atoms with Gasteiger partial charge in [0.2, 0.25) is 0 Å². The highest BCUT2D eigenvalue weighted by Crippen LogP contribution is 2.23. The molecule has 0 saturated carbocycles. The predicted molar refractivity (Wildman–Crippen MR) is 64.4 cm³/mol. The van der Waals surface area contributed by atoms with Crippen molar-refractivity contribution in [1.29, 1.82) is 0 Å². The topological polar surface area (TPSA) is 63.8 Å². The molecule has 0 bridgehead atoms. The molecule has 2 rings (SSSR count). The van der Waals surface area contributed by atoms with Crippen molar-refractivity contribution >= 4 is 11.5 Å². The van der Waals surface area contributed by atoms with Gasteiger partial charge in [0.15, 0.2) is 5.82 Å². The molecule has 0 amide bonds. The zero-order valence-corrected chi connectivity index (χ0v) is 9.09. The van der Waals surface area contributed by atoms with Crippen molar-refractivity contribution in [3.63, 3.8) is 0 Å². The summed E-state index contributed by atoms with van der Waals surface area (Å²) in [6, 6.07) is 11.6. The fraction of sp³-hybridized carbons (Fsp3) is 0.167. The van der Waals surface area contributed by atoms with Crippen molar-refractivity contribution in [3.8, 4) is 0 Å². The first-order valence-corrected chi connectivity index (χ1v) is 5.16. The lowest BCUT2D eigenvalue weighted by Crippen LogP contribution is -2.08. The molecule has 16 heavy (non-hydrogen) atoms. The lowest BCUT2D eigenvalue weighted by Gasteiger charge is -2.13. The molecular formula is C12H14N4. The van der Waals surface area contributed by atoms with E-state index in [1.807, 2.05) is 43.3 Å². The molecule has 1 aromatic heterocycles. The van der Waals surface area contributed by atoms with Crippen molar-refractivity contribution < 1.29 is 0 Å². The number of para-hydroxylation sites is 1. The van der Waals surface area contributed by atoms with Crippen LogP contribution >= 0.6 is 0 Å². The molecule has 0 aliphatic rings. The average Bonchev–Trinajstić information content (AvgIpc) is 2.31.